The molecule has 8 aromatic carbocycles. The van der Waals surface area contributed by atoms with Gasteiger partial charge in [-0.2, -0.15) is 0 Å². The summed E-state index contributed by atoms with van der Waals surface area (Å²) in [6, 6.07) is 69.4. The minimum atomic E-state index is -0.0740. The monoisotopic (exact) mass is 662 g/mol. The number of rotatable bonds is 5. The zero-order valence-electron chi connectivity index (χ0n) is 28.4. The third kappa shape index (κ3) is 4.99. The molecule has 0 bridgehead atoms. The van der Waals surface area contributed by atoms with E-state index in [9.17, 15) is 0 Å². The van der Waals surface area contributed by atoms with Gasteiger partial charge in [0.05, 0.1) is 0 Å². The van der Waals surface area contributed by atoms with Crippen LogP contribution >= 0.6 is 0 Å². The van der Waals surface area contributed by atoms with Gasteiger partial charge in [-0.15, -0.1) is 0 Å². The van der Waals surface area contributed by atoms with E-state index in [1.807, 2.05) is 0 Å². The Kier molecular flexibility index (Phi) is 7.39. The average molecular weight is 662 g/mol. The van der Waals surface area contributed by atoms with Crippen molar-refractivity contribution in [2.75, 3.05) is 0 Å². The van der Waals surface area contributed by atoms with Crippen LogP contribution in [0.2, 0.25) is 0 Å². The van der Waals surface area contributed by atoms with Crippen LogP contribution in [0.3, 0.4) is 0 Å². The Labute approximate surface area is 305 Å². The van der Waals surface area contributed by atoms with Gasteiger partial charge < -0.3 is 9.47 Å². The van der Waals surface area contributed by atoms with Crippen LogP contribution in [0.1, 0.15) is 0 Å². The van der Waals surface area contributed by atoms with E-state index in [0.29, 0.717) is 0 Å². The van der Waals surface area contributed by atoms with E-state index in [1.54, 1.807) is 0 Å². The Balaban J connectivity index is 1.34. The number of hydrogen-bond acceptors (Lipinski definition) is 2. The first kappa shape index (κ1) is 30.3. The van der Waals surface area contributed by atoms with Crippen molar-refractivity contribution in [1.82, 2.24) is 0 Å². The van der Waals surface area contributed by atoms with Gasteiger partial charge >= 0.3 is 0 Å². The molecule has 0 aromatic heterocycles. The van der Waals surface area contributed by atoms with Crippen molar-refractivity contribution >= 4 is 46.2 Å². The van der Waals surface area contributed by atoms with E-state index in [1.165, 1.54) is 44.3 Å². The van der Waals surface area contributed by atoms with E-state index >= 15 is 0 Å². The molecule has 0 atom stereocenters. The second kappa shape index (κ2) is 12.7. The van der Waals surface area contributed by atoms with Gasteiger partial charge in [-0.1, -0.05) is 181 Å². The second-order valence-corrected chi connectivity index (χ2v) is 13.5. The first-order valence-electron chi connectivity index (χ1n) is 17.9. The zero-order chi connectivity index (χ0) is 34.4. The molecule has 2 aliphatic heterocycles. The maximum absolute atomic E-state index is 6.58. The predicted molar refractivity (Wildman–Crippen MR) is 218 cm³/mol. The molecule has 10 rings (SSSR count). The van der Waals surface area contributed by atoms with Gasteiger partial charge in [-0.3, -0.25) is 0 Å². The lowest BCUT2D eigenvalue weighted by atomic mass is 9.32. The topological polar surface area (TPSA) is 18.5 Å². The number of para-hydroxylation sites is 4. The number of hydrogen-bond donors (Lipinski definition) is 0. The molecular weight excluding hydrogens is 630 g/mol. The molecule has 0 radical (unpaired) electrons. The third-order valence-corrected chi connectivity index (χ3v) is 10.6. The number of benzene rings is 8. The van der Waals surface area contributed by atoms with Crippen LogP contribution in [0.15, 0.2) is 194 Å². The maximum atomic E-state index is 6.58. The lowest BCUT2D eigenvalue weighted by molar-refractivity contribution is 0.487. The van der Waals surface area contributed by atoms with Crippen LogP contribution in [-0.4, -0.2) is 13.4 Å². The van der Waals surface area contributed by atoms with Crippen molar-refractivity contribution < 1.29 is 9.47 Å². The van der Waals surface area contributed by atoms with Gasteiger partial charge in [0, 0.05) is 0 Å². The fourth-order valence-corrected chi connectivity index (χ4v) is 8.40. The highest BCUT2D eigenvalue weighted by Gasteiger charge is 2.39. The molecule has 52 heavy (non-hydrogen) atoms. The summed E-state index contributed by atoms with van der Waals surface area (Å²) >= 11 is 0. The van der Waals surface area contributed by atoms with Gasteiger partial charge in [0.25, 0.3) is 13.4 Å². The minimum Gasteiger partial charge on any atom is -0.458 e. The molecule has 0 amide bonds. The first-order chi connectivity index (χ1) is 25.8. The zero-order valence-corrected chi connectivity index (χ0v) is 28.4. The normalized spacial score (nSPS) is 12.5. The summed E-state index contributed by atoms with van der Waals surface area (Å²) in [5.41, 5.74) is 14.3. The first-order valence-corrected chi connectivity index (χ1v) is 17.9. The fourth-order valence-electron chi connectivity index (χ4n) is 8.40. The summed E-state index contributed by atoms with van der Waals surface area (Å²) in [6.45, 7) is -0.148. The molecule has 8 aromatic rings. The average Bonchev–Trinajstić information content (AvgIpc) is 3.22. The molecule has 242 valence electrons. The van der Waals surface area contributed by atoms with Crippen LogP contribution in [0.5, 0.6) is 23.0 Å². The highest BCUT2D eigenvalue weighted by Crippen LogP contribution is 2.33. The van der Waals surface area contributed by atoms with E-state index in [4.69, 9.17) is 9.47 Å². The van der Waals surface area contributed by atoms with Crippen molar-refractivity contribution in [3.8, 4) is 56.4 Å². The van der Waals surface area contributed by atoms with Crippen LogP contribution in [0.25, 0.3) is 33.4 Å². The Morgan fingerprint density at radius 3 is 0.885 bits per heavy atom. The van der Waals surface area contributed by atoms with Gasteiger partial charge in [0.15, 0.2) is 0 Å². The molecule has 0 saturated heterocycles. The molecule has 2 heterocycles. The third-order valence-electron chi connectivity index (χ3n) is 10.6. The Bertz CT molecular complexity index is 2330. The van der Waals surface area contributed by atoms with Gasteiger partial charge in [0.2, 0.25) is 0 Å². The standard InChI is InChI=1S/C48H32B2O2/c1-3-17-33(18-4-1)35-21-15-23-37(47(35)49-39-25-7-11-29-43(39)51-44-30-12-8-26-40(44)49)38-24-16-22-36(34-19-5-2-6-20-34)48(38)50-41-27-9-13-31-45(41)52-46-32-14-10-28-42(46)50/h1-32H. The Morgan fingerprint density at radius 2 is 0.538 bits per heavy atom. The highest BCUT2D eigenvalue weighted by atomic mass is 16.5. The van der Waals surface area contributed by atoms with Crippen LogP contribution in [0.4, 0.5) is 0 Å². The van der Waals surface area contributed by atoms with E-state index in [-0.39, 0.29) is 13.4 Å². The smallest absolute Gasteiger partial charge is 0.252 e. The number of ether oxygens (including phenoxy) is 2. The van der Waals surface area contributed by atoms with Crippen molar-refractivity contribution in [3.05, 3.63) is 194 Å². The largest absolute Gasteiger partial charge is 0.458 e. The van der Waals surface area contributed by atoms with Crippen molar-refractivity contribution in [3.63, 3.8) is 0 Å². The van der Waals surface area contributed by atoms with Crippen LogP contribution < -0.4 is 42.3 Å². The fraction of sp³-hybridized carbons (Fsp3) is 0. The van der Waals surface area contributed by atoms with Crippen LogP contribution in [0, 0.1) is 0 Å². The summed E-state index contributed by atoms with van der Waals surface area (Å²) < 4.78 is 13.2. The summed E-state index contributed by atoms with van der Waals surface area (Å²) in [6.07, 6.45) is 0. The quantitative estimate of drug-likeness (QED) is 0.175. The summed E-state index contributed by atoms with van der Waals surface area (Å²) in [7, 11) is 0. The molecular formula is C48H32B2O2. The predicted octanol–water partition coefficient (Wildman–Crippen LogP) is 7.93. The minimum absolute atomic E-state index is 0.0740. The number of fused-ring (bicyclic) bond motifs is 4. The molecule has 0 fully saturated rings. The lowest BCUT2D eigenvalue weighted by Gasteiger charge is -2.32. The SMILES string of the molecule is c1ccc(-c2cccc(-c3cccc(-c4ccccc4)c3B3c4ccccc4Oc4ccccc43)c2B2c3ccccc3Oc3ccccc32)cc1. The van der Waals surface area contributed by atoms with Gasteiger partial charge in [0.1, 0.15) is 23.0 Å². The lowest BCUT2D eigenvalue weighted by Crippen LogP contribution is -2.58. The second-order valence-electron chi connectivity index (χ2n) is 13.5. The Morgan fingerprint density at radius 1 is 0.250 bits per heavy atom. The molecule has 4 heteroatoms. The van der Waals surface area contributed by atoms with E-state index in [0.717, 1.165) is 44.8 Å². The van der Waals surface area contributed by atoms with Crippen LogP contribution in [-0.2, 0) is 0 Å². The summed E-state index contributed by atoms with van der Waals surface area (Å²) in [5.74, 6) is 3.58. The van der Waals surface area contributed by atoms with Crippen molar-refractivity contribution in [1.29, 1.82) is 0 Å². The summed E-state index contributed by atoms with van der Waals surface area (Å²) in [5, 5.41) is 0. The molecule has 2 nitrogen and oxygen atoms in total. The van der Waals surface area contributed by atoms with Gasteiger partial charge in [-0.05, 0) is 79.5 Å². The van der Waals surface area contributed by atoms with Gasteiger partial charge in [-0.25, -0.2) is 0 Å². The molecule has 0 unspecified atom stereocenters. The van der Waals surface area contributed by atoms with Crippen molar-refractivity contribution in [2.45, 2.75) is 0 Å². The molecule has 0 saturated carbocycles. The van der Waals surface area contributed by atoms with E-state index in [2.05, 4.69) is 194 Å². The molecule has 2 aliphatic rings. The molecule has 0 spiro atoms. The Hall–Kier alpha value is -6.51. The maximum Gasteiger partial charge on any atom is 0.252 e. The van der Waals surface area contributed by atoms with Crippen molar-refractivity contribution in [2.24, 2.45) is 0 Å². The van der Waals surface area contributed by atoms with E-state index < -0.39 is 0 Å². The molecule has 0 N–H and O–H groups in total. The highest BCUT2D eigenvalue weighted by molar-refractivity contribution is 7.00. The summed E-state index contributed by atoms with van der Waals surface area (Å²) in [4.78, 5) is 0. The molecule has 0 aliphatic carbocycles.